The number of methoxy groups -OCH3 is 2. The first kappa shape index (κ1) is 19.1. The molecule has 1 amide bonds. The first-order valence-electron chi connectivity index (χ1n) is 8.38. The Hall–Kier alpha value is -2.18. The van der Waals surface area contributed by atoms with E-state index in [1.807, 2.05) is 19.1 Å². The fourth-order valence-electron chi connectivity index (χ4n) is 2.96. The highest BCUT2D eigenvalue weighted by Gasteiger charge is 2.37. The van der Waals surface area contributed by atoms with Gasteiger partial charge in [0.1, 0.15) is 5.75 Å². The highest BCUT2D eigenvalue weighted by molar-refractivity contribution is 5.97. The highest BCUT2D eigenvalue weighted by atomic mass is 16.7. The largest absolute Gasteiger partial charge is 0.494 e. The second kappa shape index (κ2) is 9.34. The number of hydrogen-bond donors (Lipinski definition) is 1. The zero-order valence-corrected chi connectivity index (χ0v) is 14.9. The third-order valence-electron chi connectivity index (χ3n) is 4.23. The fraction of sp³-hybridized carbons (Fsp3) is 0.474. The van der Waals surface area contributed by atoms with Gasteiger partial charge in [-0.3, -0.25) is 9.59 Å². The minimum atomic E-state index is -0.947. The number of carbonyl (C=O) groups excluding carboxylic acids is 2. The van der Waals surface area contributed by atoms with Crippen molar-refractivity contribution in [2.45, 2.75) is 26.1 Å². The van der Waals surface area contributed by atoms with Crippen molar-refractivity contribution >= 4 is 17.4 Å². The Bertz CT molecular complexity index is 607. The van der Waals surface area contributed by atoms with E-state index in [9.17, 15) is 9.59 Å². The van der Waals surface area contributed by atoms with Crippen LogP contribution in [0.15, 0.2) is 36.4 Å². The average Bonchev–Trinajstić information content (AvgIpc) is 2.64. The maximum Gasteiger partial charge on any atom is 0.228 e. The minimum absolute atomic E-state index is 0.183. The number of hydrogen-bond acceptors (Lipinski definition) is 5. The quantitative estimate of drug-likeness (QED) is 0.578. The van der Waals surface area contributed by atoms with E-state index < -0.39 is 18.1 Å². The fourth-order valence-corrected chi connectivity index (χ4v) is 2.96. The number of ether oxygens (including phenoxy) is 3. The third kappa shape index (κ3) is 4.90. The van der Waals surface area contributed by atoms with Crippen molar-refractivity contribution in [2.24, 2.45) is 11.8 Å². The van der Waals surface area contributed by atoms with Crippen molar-refractivity contribution in [3.63, 3.8) is 0 Å². The molecule has 0 spiro atoms. The van der Waals surface area contributed by atoms with Crippen LogP contribution >= 0.6 is 0 Å². The van der Waals surface area contributed by atoms with E-state index in [-0.39, 0.29) is 11.7 Å². The lowest BCUT2D eigenvalue weighted by Gasteiger charge is -2.28. The molecule has 1 aliphatic rings. The molecule has 1 aromatic carbocycles. The second-order valence-corrected chi connectivity index (χ2v) is 5.81. The molecule has 0 radical (unpaired) electrons. The molecule has 2 atom stereocenters. The molecule has 0 unspecified atom stereocenters. The summed E-state index contributed by atoms with van der Waals surface area (Å²) in [6.45, 7) is 2.50. The number of nitrogens with one attached hydrogen (secondary N) is 1. The standard InChI is InChI=1S/C19H25NO5/c1-4-25-14-11-9-13(10-12-14)20-18(22)16-8-6-5-7-15(16)17(21)19(23-2)24-3/h5-6,9-12,15-16,19H,4,7-8H2,1-3H3,(H,20,22)/t15-,16-/m1/s1. The van der Waals surface area contributed by atoms with E-state index in [4.69, 9.17) is 14.2 Å². The number of ketones is 1. The summed E-state index contributed by atoms with van der Waals surface area (Å²) in [7, 11) is 2.83. The zero-order valence-electron chi connectivity index (χ0n) is 14.9. The molecule has 6 heteroatoms. The van der Waals surface area contributed by atoms with Crippen LogP contribution in [0.25, 0.3) is 0 Å². The molecule has 0 saturated carbocycles. The molecule has 0 fully saturated rings. The number of Topliss-reactive ketones (excluding diaryl/α,β-unsaturated/α-hetero) is 1. The number of anilines is 1. The molecule has 25 heavy (non-hydrogen) atoms. The molecular formula is C19H25NO5. The maximum atomic E-state index is 12.7. The summed E-state index contributed by atoms with van der Waals surface area (Å²) < 4.78 is 15.5. The smallest absolute Gasteiger partial charge is 0.228 e. The molecule has 0 aliphatic heterocycles. The van der Waals surface area contributed by atoms with Crippen molar-refractivity contribution in [1.82, 2.24) is 0 Å². The van der Waals surface area contributed by atoms with Crippen molar-refractivity contribution in [3.05, 3.63) is 36.4 Å². The Labute approximate surface area is 148 Å². The van der Waals surface area contributed by atoms with Crippen LogP contribution in [0.4, 0.5) is 5.69 Å². The van der Waals surface area contributed by atoms with Crippen molar-refractivity contribution < 1.29 is 23.8 Å². The van der Waals surface area contributed by atoms with Gasteiger partial charge in [0.05, 0.1) is 12.5 Å². The number of carbonyl (C=O) groups is 2. The Morgan fingerprint density at radius 1 is 1.08 bits per heavy atom. The number of rotatable bonds is 8. The lowest BCUT2D eigenvalue weighted by molar-refractivity contribution is -0.163. The lowest BCUT2D eigenvalue weighted by atomic mass is 9.79. The van der Waals surface area contributed by atoms with Gasteiger partial charge in [0.2, 0.25) is 12.2 Å². The summed E-state index contributed by atoms with van der Waals surface area (Å²) >= 11 is 0. The number of amides is 1. The van der Waals surface area contributed by atoms with Crippen LogP contribution in [0.3, 0.4) is 0 Å². The Morgan fingerprint density at radius 3 is 2.24 bits per heavy atom. The Morgan fingerprint density at radius 2 is 1.68 bits per heavy atom. The van der Waals surface area contributed by atoms with Crippen LogP contribution in [-0.4, -0.2) is 38.8 Å². The predicted molar refractivity (Wildman–Crippen MR) is 94.4 cm³/mol. The van der Waals surface area contributed by atoms with E-state index in [2.05, 4.69) is 5.32 Å². The molecule has 1 aromatic rings. The van der Waals surface area contributed by atoms with Crippen molar-refractivity contribution in [1.29, 1.82) is 0 Å². The van der Waals surface area contributed by atoms with Gasteiger partial charge in [-0.2, -0.15) is 0 Å². The van der Waals surface area contributed by atoms with Crippen molar-refractivity contribution in [3.8, 4) is 5.75 Å². The molecule has 1 aliphatic carbocycles. The van der Waals surface area contributed by atoms with Gasteiger partial charge in [0, 0.05) is 25.8 Å². The summed E-state index contributed by atoms with van der Waals surface area (Å²) in [4.78, 5) is 25.2. The summed E-state index contributed by atoms with van der Waals surface area (Å²) in [5.41, 5.74) is 0.671. The molecule has 0 aromatic heterocycles. The Kier molecular flexibility index (Phi) is 7.16. The van der Waals surface area contributed by atoms with E-state index in [0.29, 0.717) is 25.1 Å². The van der Waals surface area contributed by atoms with Gasteiger partial charge in [0.15, 0.2) is 5.78 Å². The molecule has 0 heterocycles. The third-order valence-corrected chi connectivity index (χ3v) is 4.23. The van der Waals surface area contributed by atoms with Gasteiger partial charge in [0.25, 0.3) is 0 Å². The average molecular weight is 347 g/mol. The van der Waals surface area contributed by atoms with Gasteiger partial charge in [-0.25, -0.2) is 0 Å². The van der Waals surface area contributed by atoms with Gasteiger partial charge in [-0.05, 0) is 44.0 Å². The Balaban J connectivity index is 2.07. The van der Waals surface area contributed by atoms with Crippen LogP contribution < -0.4 is 10.1 Å². The van der Waals surface area contributed by atoms with Gasteiger partial charge >= 0.3 is 0 Å². The second-order valence-electron chi connectivity index (χ2n) is 5.81. The van der Waals surface area contributed by atoms with Crippen LogP contribution in [0.2, 0.25) is 0 Å². The van der Waals surface area contributed by atoms with Crippen LogP contribution in [0.1, 0.15) is 19.8 Å². The lowest BCUT2D eigenvalue weighted by Crippen LogP contribution is -2.40. The SMILES string of the molecule is CCOc1ccc(NC(=O)[C@@H]2CC=CC[C@H]2C(=O)C(OC)OC)cc1. The van der Waals surface area contributed by atoms with E-state index in [1.165, 1.54) is 14.2 Å². The van der Waals surface area contributed by atoms with E-state index in [0.717, 1.165) is 5.75 Å². The summed E-state index contributed by atoms with van der Waals surface area (Å²) in [6.07, 6.45) is 3.92. The molecule has 2 rings (SSSR count). The summed E-state index contributed by atoms with van der Waals surface area (Å²) in [5, 5.41) is 2.88. The normalized spacial score (nSPS) is 19.7. The molecule has 1 N–H and O–H groups in total. The van der Waals surface area contributed by atoms with Crippen LogP contribution in [0, 0.1) is 11.8 Å². The monoisotopic (exact) mass is 347 g/mol. The first-order valence-corrected chi connectivity index (χ1v) is 8.38. The van der Waals surface area contributed by atoms with Gasteiger partial charge in [-0.1, -0.05) is 12.2 Å². The first-order chi connectivity index (χ1) is 12.1. The van der Waals surface area contributed by atoms with Crippen molar-refractivity contribution in [2.75, 3.05) is 26.1 Å². The van der Waals surface area contributed by atoms with E-state index in [1.54, 1.807) is 24.3 Å². The zero-order chi connectivity index (χ0) is 18.2. The van der Waals surface area contributed by atoms with Gasteiger partial charge < -0.3 is 19.5 Å². The number of allylic oxidation sites excluding steroid dienone is 2. The maximum absolute atomic E-state index is 12.7. The highest BCUT2D eigenvalue weighted by Crippen LogP contribution is 2.29. The molecular weight excluding hydrogens is 322 g/mol. The summed E-state index contributed by atoms with van der Waals surface area (Å²) in [6, 6.07) is 7.17. The minimum Gasteiger partial charge on any atom is -0.494 e. The molecule has 0 saturated heterocycles. The van der Waals surface area contributed by atoms with Crippen LogP contribution in [-0.2, 0) is 19.1 Å². The number of benzene rings is 1. The molecule has 136 valence electrons. The van der Waals surface area contributed by atoms with E-state index >= 15 is 0 Å². The molecule has 6 nitrogen and oxygen atoms in total. The summed E-state index contributed by atoms with van der Waals surface area (Å²) in [5.74, 6) is -0.550. The molecule has 0 bridgehead atoms. The topological polar surface area (TPSA) is 73.9 Å². The van der Waals surface area contributed by atoms with Crippen LogP contribution in [0.5, 0.6) is 5.75 Å². The predicted octanol–water partition coefficient (Wildman–Crippen LogP) is 2.79. The van der Waals surface area contributed by atoms with Gasteiger partial charge in [-0.15, -0.1) is 0 Å².